The topological polar surface area (TPSA) is 61.3 Å². The lowest BCUT2D eigenvalue weighted by molar-refractivity contribution is 0.248. The molecule has 1 aliphatic rings. The molecule has 1 aromatic heterocycles. The van der Waals surface area contributed by atoms with E-state index < -0.39 is 0 Å². The molecule has 5 nitrogen and oxygen atoms in total. The van der Waals surface area contributed by atoms with Gasteiger partial charge < -0.3 is 15.3 Å². The van der Waals surface area contributed by atoms with Crippen LogP contribution in [0.25, 0.3) is 0 Å². The van der Waals surface area contributed by atoms with E-state index in [9.17, 15) is 5.11 Å². The molecule has 0 radical (unpaired) electrons. The second-order valence-electron chi connectivity index (χ2n) is 7.16. The fraction of sp³-hybridized carbons (Fsp3) is 0.500. The van der Waals surface area contributed by atoms with Crippen molar-refractivity contribution >= 4 is 27.7 Å². The van der Waals surface area contributed by atoms with Crippen molar-refractivity contribution in [3.63, 3.8) is 0 Å². The Bertz CT molecular complexity index is 765. The number of nitrogens with zero attached hydrogens (tertiary/aromatic N) is 3. The van der Waals surface area contributed by atoms with Crippen LogP contribution in [0.15, 0.2) is 28.7 Å². The highest BCUT2D eigenvalue weighted by Crippen LogP contribution is 2.27. The van der Waals surface area contributed by atoms with Crippen LogP contribution in [0.5, 0.6) is 0 Å². The second-order valence-corrected chi connectivity index (χ2v) is 8.07. The van der Waals surface area contributed by atoms with Gasteiger partial charge in [-0.2, -0.15) is 4.98 Å². The van der Waals surface area contributed by atoms with Gasteiger partial charge in [0.15, 0.2) is 0 Å². The van der Waals surface area contributed by atoms with Crippen molar-refractivity contribution in [2.24, 2.45) is 5.92 Å². The van der Waals surface area contributed by atoms with Gasteiger partial charge in [0.1, 0.15) is 5.82 Å². The molecule has 1 aromatic carbocycles. The summed E-state index contributed by atoms with van der Waals surface area (Å²) in [6.07, 6.45) is 1.86. The van der Waals surface area contributed by atoms with E-state index >= 15 is 0 Å². The van der Waals surface area contributed by atoms with E-state index in [0.717, 1.165) is 41.9 Å². The maximum atomic E-state index is 9.60. The Balaban J connectivity index is 1.85. The van der Waals surface area contributed by atoms with Gasteiger partial charge in [0.05, 0.1) is 12.6 Å². The Labute approximate surface area is 164 Å². The molecule has 0 saturated carbocycles. The van der Waals surface area contributed by atoms with Crippen molar-refractivity contribution in [1.29, 1.82) is 0 Å². The molecule has 1 atom stereocenters. The summed E-state index contributed by atoms with van der Waals surface area (Å²) in [6.45, 7) is 8.13. The number of hydrogen-bond acceptors (Lipinski definition) is 5. The standard InChI is InChI=1S/C20H27BrN4O/c1-4-17-10-19(24-20(22-17)23-18(12-26)13(2)3)25-8-7-14-9-16(21)6-5-15(14)11-25/h5-6,9-10,13,18,26H,4,7-8,11-12H2,1-3H3,(H,22,23,24)/t18-/m0/s1. The molecule has 26 heavy (non-hydrogen) atoms. The number of aliphatic hydroxyl groups is 1. The van der Waals surface area contributed by atoms with Crippen molar-refractivity contribution in [3.05, 3.63) is 45.6 Å². The van der Waals surface area contributed by atoms with Crippen molar-refractivity contribution in [1.82, 2.24) is 9.97 Å². The van der Waals surface area contributed by atoms with Crippen LogP contribution in [0.1, 0.15) is 37.6 Å². The zero-order valence-electron chi connectivity index (χ0n) is 15.7. The van der Waals surface area contributed by atoms with Crippen LogP contribution in [0.3, 0.4) is 0 Å². The minimum absolute atomic E-state index is 0.0469. The average molecular weight is 419 g/mol. The summed E-state index contributed by atoms with van der Waals surface area (Å²) in [7, 11) is 0. The van der Waals surface area contributed by atoms with Crippen LogP contribution < -0.4 is 10.2 Å². The minimum Gasteiger partial charge on any atom is -0.394 e. The van der Waals surface area contributed by atoms with E-state index in [0.29, 0.717) is 11.9 Å². The smallest absolute Gasteiger partial charge is 0.225 e. The number of hydrogen-bond donors (Lipinski definition) is 2. The number of aryl methyl sites for hydroxylation is 1. The molecule has 1 aliphatic heterocycles. The first-order chi connectivity index (χ1) is 12.5. The lowest BCUT2D eigenvalue weighted by Gasteiger charge is -2.30. The molecule has 140 valence electrons. The Morgan fingerprint density at radius 1 is 1.23 bits per heavy atom. The molecular formula is C20H27BrN4O. The normalized spacial score (nSPS) is 15.1. The number of nitrogens with one attached hydrogen (secondary N) is 1. The molecule has 3 rings (SSSR count). The molecule has 0 amide bonds. The van der Waals surface area contributed by atoms with Crippen LogP contribution in [-0.4, -0.2) is 34.3 Å². The molecular weight excluding hydrogens is 392 g/mol. The number of aromatic nitrogens is 2. The number of aliphatic hydroxyl groups excluding tert-OH is 1. The molecule has 0 aliphatic carbocycles. The van der Waals surface area contributed by atoms with E-state index in [2.05, 4.69) is 76.2 Å². The lowest BCUT2D eigenvalue weighted by atomic mass is 10.00. The van der Waals surface area contributed by atoms with Crippen LogP contribution in [-0.2, 0) is 19.4 Å². The van der Waals surface area contributed by atoms with Gasteiger partial charge >= 0.3 is 0 Å². The second kappa shape index (κ2) is 8.35. The molecule has 0 saturated heterocycles. The van der Waals surface area contributed by atoms with Gasteiger partial charge in [-0.25, -0.2) is 4.98 Å². The van der Waals surface area contributed by atoms with Crippen molar-refractivity contribution in [3.8, 4) is 0 Å². The fourth-order valence-electron chi connectivity index (χ4n) is 3.20. The van der Waals surface area contributed by atoms with Crippen molar-refractivity contribution in [2.45, 2.75) is 46.2 Å². The predicted octanol–water partition coefficient (Wildman–Crippen LogP) is 3.79. The summed E-state index contributed by atoms with van der Waals surface area (Å²) in [5, 5.41) is 12.9. The molecule has 0 bridgehead atoms. The maximum Gasteiger partial charge on any atom is 0.225 e. The Hall–Kier alpha value is -1.66. The molecule has 2 N–H and O–H groups in total. The van der Waals surface area contributed by atoms with Crippen LogP contribution in [0.4, 0.5) is 11.8 Å². The molecule has 0 fully saturated rings. The zero-order valence-corrected chi connectivity index (χ0v) is 17.3. The Morgan fingerprint density at radius 3 is 2.73 bits per heavy atom. The third-order valence-electron chi connectivity index (χ3n) is 4.95. The summed E-state index contributed by atoms with van der Waals surface area (Å²) in [4.78, 5) is 11.7. The Morgan fingerprint density at radius 2 is 2.04 bits per heavy atom. The van der Waals surface area contributed by atoms with Gasteiger partial charge in [-0.15, -0.1) is 0 Å². The summed E-state index contributed by atoms with van der Waals surface area (Å²) in [5.74, 6) is 1.86. The number of benzene rings is 1. The first-order valence-corrected chi connectivity index (χ1v) is 10.1. The molecule has 2 heterocycles. The number of halogens is 1. The van der Waals surface area contributed by atoms with E-state index in [-0.39, 0.29) is 12.6 Å². The predicted molar refractivity (Wildman–Crippen MR) is 110 cm³/mol. The average Bonchev–Trinajstić information content (AvgIpc) is 2.65. The first-order valence-electron chi connectivity index (χ1n) is 9.27. The van der Waals surface area contributed by atoms with Gasteiger partial charge in [-0.05, 0) is 42.0 Å². The summed E-state index contributed by atoms with van der Waals surface area (Å²) in [5.41, 5.74) is 3.76. The summed E-state index contributed by atoms with van der Waals surface area (Å²) in [6, 6.07) is 8.53. The third-order valence-corrected chi connectivity index (χ3v) is 5.44. The third kappa shape index (κ3) is 4.35. The largest absolute Gasteiger partial charge is 0.394 e. The summed E-state index contributed by atoms with van der Waals surface area (Å²) >= 11 is 3.56. The quantitative estimate of drug-likeness (QED) is 0.746. The highest BCUT2D eigenvalue weighted by atomic mass is 79.9. The molecule has 6 heteroatoms. The highest BCUT2D eigenvalue weighted by molar-refractivity contribution is 9.10. The van der Waals surface area contributed by atoms with Crippen LogP contribution >= 0.6 is 15.9 Å². The monoisotopic (exact) mass is 418 g/mol. The van der Waals surface area contributed by atoms with E-state index in [1.54, 1.807) is 0 Å². The number of anilines is 2. The minimum atomic E-state index is -0.0469. The van der Waals surface area contributed by atoms with Gasteiger partial charge in [0, 0.05) is 29.3 Å². The van der Waals surface area contributed by atoms with Crippen molar-refractivity contribution < 1.29 is 5.11 Å². The lowest BCUT2D eigenvalue weighted by Crippen LogP contribution is -2.33. The van der Waals surface area contributed by atoms with Crippen LogP contribution in [0.2, 0.25) is 0 Å². The highest BCUT2D eigenvalue weighted by Gasteiger charge is 2.20. The fourth-order valence-corrected chi connectivity index (χ4v) is 3.61. The Kier molecular flexibility index (Phi) is 6.14. The SMILES string of the molecule is CCc1cc(N2CCc3cc(Br)ccc3C2)nc(N[C@@H](CO)C(C)C)n1. The van der Waals surface area contributed by atoms with Crippen LogP contribution in [0, 0.1) is 5.92 Å². The van der Waals surface area contributed by atoms with E-state index in [1.807, 2.05) is 0 Å². The maximum absolute atomic E-state index is 9.60. The number of fused-ring (bicyclic) bond motifs is 1. The van der Waals surface area contributed by atoms with E-state index in [1.165, 1.54) is 11.1 Å². The first kappa shape index (κ1) is 19.1. The van der Waals surface area contributed by atoms with Crippen molar-refractivity contribution in [2.75, 3.05) is 23.4 Å². The van der Waals surface area contributed by atoms with Gasteiger partial charge in [-0.1, -0.05) is 42.8 Å². The molecule has 0 unspecified atom stereocenters. The van der Waals surface area contributed by atoms with Gasteiger partial charge in [0.25, 0.3) is 0 Å². The van der Waals surface area contributed by atoms with Gasteiger partial charge in [-0.3, -0.25) is 0 Å². The number of rotatable bonds is 6. The summed E-state index contributed by atoms with van der Waals surface area (Å²) < 4.78 is 1.13. The zero-order chi connectivity index (χ0) is 18.7. The van der Waals surface area contributed by atoms with E-state index in [4.69, 9.17) is 4.98 Å². The molecule has 0 spiro atoms. The van der Waals surface area contributed by atoms with Gasteiger partial charge in [0.2, 0.25) is 5.95 Å². The molecule has 2 aromatic rings.